The van der Waals surface area contributed by atoms with E-state index in [0.29, 0.717) is 11.2 Å². The highest BCUT2D eigenvalue weighted by Gasteiger charge is 2.36. The third-order valence-corrected chi connectivity index (χ3v) is 3.09. The molecular formula is C14H11F3N6O. The van der Waals surface area contributed by atoms with Crippen molar-refractivity contribution in [3.63, 3.8) is 0 Å². The van der Waals surface area contributed by atoms with Crippen molar-refractivity contribution in [2.24, 2.45) is 0 Å². The lowest BCUT2D eigenvalue weighted by Crippen LogP contribution is -2.11. The van der Waals surface area contributed by atoms with Crippen LogP contribution in [-0.2, 0) is 6.18 Å². The molecule has 0 aliphatic carbocycles. The predicted molar refractivity (Wildman–Crippen MR) is 78.9 cm³/mol. The van der Waals surface area contributed by atoms with Crippen molar-refractivity contribution in [1.82, 2.24) is 25.1 Å². The molecule has 0 spiro atoms. The number of fused-ring (bicyclic) bond motifs is 1. The third kappa shape index (κ3) is 2.90. The van der Waals surface area contributed by atoms with Crippen molar-refractivity contribution < 1.29 is 17.9 Å². The normalized spacial score (nSPS) is 11.7. The van der Waals surface area contributed by atoms with E-state index in [1.54, 1.807) is 6.92 Å². The van der Waals surface area contributed by atoms with Gasteiger partial charge in [-0.1, -0.05) is 0 Å². The van der Waals surface area contributed by atoms with Gasteiger partial charge in [-0.2, -0.15) is 13.2 Å². The van der Waals surface area contributed by atoms with Crippen molar-refractivity contribution in [3.05, 3.63) is 30.1 Å². The summed E-state index contributed by atoms with van der Waals surface area (Å²) in [5.74, 6) is -0.218. The van der Waals surface area contributed by atoms with Gasteiger partial charge in [0.15, 0.2) is 5.65 Å². The number of hydrogen-bond acceptors (Lipinski definition) is 7. The minimum absolute atomic E-state index is 0.108. The van der Waals surface area contributed by atoms with E-state index < -0.39 is 17.4 Å². The molecule has 0 aliphatic heterocycles. The Hall–Kier alpha value is -3.04. The molecule has 0 fully saturated rings. The molecule has 0 unspecified atom stereocenters. The summed E-state index contributed by atoms with van der Waals surface area (Å²) < 4.78 is 45.0. The minimum Gasteiger partial charge on any atom is -0.477 e. The van der Waals surface area contributed by atoms with Crippen molar-refractivity contribution >= 4 is 16.9 Å². The van der Waals surface area contributed by atoms with E-state index in [2.05, 4.69) is 25.1 Å². The number of rotatable bonds is 3. The lowest BCUT2D eigenvalue weighted by Gasteiger charge is -2.12. The maximum absolute atomic E-state index is 13.3. The monoisotopic (exact) mass is 336 g/mol. The zero-order valence-electron chi connectivity index (χ0n) is 12.4. The average Bonchev–Trinajstić information content (AvgIpc) is 2.54. The van der Waals surface area contributed by atoms with Crippen molar-refractivity contribution in [3.8, 4) is 17.3 Å². The molecule has 7 nitrogen and oxygen atoms in total. The summed E-state index contributed by atoms with van der Waals surface area (Å²) in [6, 6.07) is 2.30. The number of aromatic nitrogens is 5. The fraction of sp³-hybridized carbons (Fsp3) is 0.214. The van der Waals surface area contributed by atoms with Gasteiger partial charge in [-0.3, -0.25) is 0 Å². The van der Waals surface area contributed by atoms with E-state index in [-0.39, 0.29) is 23.8 Å². The molecule has 0 amide bonds. The highest BCUT2D eigenvalue weighted by atomic mass is 19.4. The molecule has 0 aliphatic rings. The van der Waals surface area contributed by atoms with Gasteiger partial charge in [-0.05, 0) is 13.0 Å². The molecule has 3 rings (SSSR count). The number of alkyl halides is 3. The zero-order valence-corrected chi connectivity index (χ0v) is 12.4. The number of pyridine rings is 1. The Bertz CT molecular complexity index is 899. The summed E-state index contributed by atoms with van der Waals surface area (Å²) in [6.45, 7) is 1.80. The Balaban J connectivity index is 2.18. The quantitative estimate of drug-likeness (QED) is 0.784. The van der Waals surface area contributed by atoms with Gasteiger partial charge in [0.25, 0.3) is 0 Å². The number of nitrogens with two attached hydrogens (primary N) is 1. The molecule has 3 aromatic rings. The molecule has 24 heavy (non-hydrogen) atoms. The molecule has 0 atom stereocenters. The molecule has 10 heteroatoms. The number of ether oxygens (including phenoxy) is 1. The number of nitrogen functional groups attached to an aromatic ring is 1. The first kappa shape index (κ1) is 15.8. The predicted octanol–water partition coefficient (Wildman–Crippen LogP) is 2.48. The Morgan fingerprint density at radius 3 is 2.71 bits per heavy atom. The standard InChI is InChI=1S/C14H11F3N6O/c1-2-24-10-5-7(14(15,16)17)11(23-22-10)9-6-20-12-8(18)3-4-19-13(12)21-9/h3-6H,2H2,1H3,(H2,18,19,21). The molecular weight excluding hydrogens is 325 g/mol. The fourth-order valence-electron chi connectivity index (χ4n) is 2.05. The molecule has 0 radical (unpaired) electrons. The minimum atomic E-state index is -4.66. The Labute approximate surface area is 133 Å². The second kappa shape index (κ2) is 5.87. The van der Waals surface area contributed by atoms with Crippen LogP contribution in [0.5, 0.6) is 5.88 Å². The van der Waals surface area contributed by atoms with E-state index in [4.69, 9.17) is 10.5 Å². The van der Waals surface area contributed by atoms with Crippen LogP contribution in [0.2, 0.25) is 0 Å². The van der Waals surface area contributed by atoms with Crippen LogP contribution in [0.3, 0.4) is 0 Å². The highest BCUT2D eigenvalue weighted by molar-refractivity contribution is 5.84. The van der Waals surface area contributed by atoms with Gasteiger partial charge < -0.3 is 10.5 Å². The summed E-state index contributed by atoms with van der Waals surface area (Å²) in [5.41, 5.74) is 4.90. The molecule has 0 aromatic carbocycles. The summed E-state index contributed by atoms with van der Waals surface area (Å²) in [6.07, 6.45) is -2.11. The second-order valence-electron chi connectivity index (χ2n) is 4.70. The lowest BCUT2D eigenvalue weighted by molar-refractivity contribution is -0.137. The fourth-order valence-corrected chi connectivity index (χ4v) is 2.05. The Morgan fingerprint density at radius 1 is 1.21 bits per heavy atom. The maximum Gasteiger partial charge on any atom is 0.418 e. The Morgan fingerprint density at radius 2 is 2.00 bits per heavy atom. The summed E-state index contributed by atoms with van der Waals surface area (Å²) >= 11 is 0. The SMILES string of the molecule is CCOc1cc(C(F)(F)F)c(-c2cnc3c(N)ccnc3n2)nn1. The van der Waals surface area contributed by atoms with Crippen molar-refractivity contribution in [1.29, 1.82) is 0 Å². The van der Waals surface area contributed by atoms with Crippen molar-refractivity contribution in [2.45, 2.75) is 13.1 Å². The number of hydrogen-bond donors (Lipinski definition) is 1. The largest absolute Gasteiger partial charge is 0.477 e. The van der Waals surface area contributed by atoms with Gasteiger partial charge in [-0.15, -0.1) is 10.2 Å². The first-order chi connectivity index (χ1) is 11.4. The van der Waals surface area contributed by atoms with E-state index in [0.717, 1.165) is 12.3 Å². The molecule has 2 N–H and O–H groups in total. The maximum atomic E-state index is 13.3. The zero-order chi connectivity index (χ0) is 17.3. The summed E-state index contributed by atoms with van der Waals surface area (Å²) in [5, 5.41) is 7.24. The first-order valence-corrected chi connectivity index (χ1v) is 6.85. The van der Waals surface area contributed by atoms with Crippen molar-refractivity contribution in [2.75, 3.05) is 12.3 Å². The molecule has 0 saturated carbocycles. The lowest BCUT2D eigenvalue weighted by atomic mass is 10.1. The highest BCUT2D eigenvalue weighted by Crippen LogP contribution is 2.36. The molecule has 0 bridgehead atoms. The first-order valence-electron chi connectivity index (χ1n) is 6.85. The van der Waals surface area contributed by atoms with Crippen LogP contribution >= 0.6 is 0 Å². The smallest absolute Gasteiger partial charge is 0.418 e. The number of nitrogens with zero attached hydrogens (tertiary/aromatic N) is 5. The molecule has 0 saturated heterocycles. The molecule has 3 aromatic heterocycles. The summed E-state index contributed by atoms with van der Waals surface area (Å²) in [4.78, 5) is 12.0. The summed E-state index contributed by atoms with van der Waals surface area (Å²) in [7, 11) is 0. The van der Waals surface area contributed by atoms with Gasteiger partial charge in [0.1, 0.15) is 16.9 Å². The van der Waals surface area contributed by atoms with E-state index in [9.17, 15) is 13.2 Å². The van der Waals surface area contributed by atoms with Gasteiger partial charge >= 0.3 is 6.18 Å². The third-order valence-electron chi connectivity index (χ3n) is 3.09. The van der Waals surface area contributed by atoms with Crippen LogP contribution in [0.25, 0.3) is 22.6 Å². The van der Waals surface area contributed by atoms with E-state index >= 15 is 0 Å². The average molecular weight is 336 g/mol. The van der Waals surface area contributed by atoms with Gasteiger partial charge in [0.05, 0.1) is 24.1 Å². The van der Waals surface area contributed by atoms with Gasteiger partial charge in [0.2, 0.25) is 5.88 Å². The van der Waals surface area contributed by atoms with Crippen LogP contribution in [0.1, 0.15) is 12.5 Å². The van der Waals surface area contributed by atoms with Crippen LogP contribution in [0.4, 0.5) is 18.9 Å². The van der Waals surface area contributed by atoms with E-state index in [1.807, 2.05) is 0 Å². The Kier molecular flexibility index (Phi) is 3.87. The van der Waals surface area contributed by atoms with Crippen LogP contribution in [0.15, 0.2) is 24.5 Å². The van der Waals surface area contributed by atoms with Gasteiger partial charge in [-0.25, -0.2) is 15.0 Å². The number of halogens is 3. The van der Waals surface area contributed by atoms with Crippen LogP contribution in [0, 0.1) is 0 Å². The van der Waals surface area contributed by atoms with Gasteiger partial charge in [0, 0.05) is 12.3 Å². The second-order valence-corrected chi connectivity index (χ2v) is 4.70. The van der Waals surface area contributed by atoms with Crippen LogP contribution in [-0.4, -0.2) is 31.8 Å². The molecule has 124 valence electrons. The molecule has 3 heterocycles. The van der Waals surface area contributed by atoms with Crippen LogP contribution < -0.4 is 10.5 Å². The number of anilines is 1. The van der Waals surface area contributed by atoms with E-state index in [1.165, 1.54) is 12.3 Å². The topological polar surface area (TPSA) is 99.7 Å².